The summed E-state index contributed by atoms with van der Waals surface area (Å²) in [6.07, 6.45) is 1.29. The third kappa shape index (κ3) is 7.33. The Labute approximate surface area is 242 Å². The lowest BCUT2D eigenvalue weighted by Crippen LogP contribution is -2.39. The molecule has 41 heavy (non-hydrogen) atoms. The molecule has 0 aliphatic carbocycles. The lowest BCUT2D eigenvalue weighted by Gasteiger charge is -2.23. The molecule has 1 N–H and O–H groups in total. The number of ether oxygens (including phenoxy) is 2. The summed E-state index contributed by atoms with van der Waals surface area (Å²) in [6, 6.07) is 22.0. The Balaban J connectivity index is 1.45. The molecule has 0 fully saturated rings. The van der Waals surface area contributed by atoms with Gasteiger partial charge in [0.2, 0.25) is 0 Å². The van der Waals surface area contributed by atoms with E-state index in [0.717, 1.165) is 9.87 Å². The second-order valence-electron chi connectivity index (χ2n) is 8.46. The molecule has 0 bridgehead atoms. The maximum absolute atomic E-state index is 13.5. The number of hydrazone groups is 1. The van der Waals surface area contributed by atoms with Crippen LogP contribution in [-0.2, 0) is 19.6 Å². The number of anilines is 1. The van der Waals surface area contributed by atoms with E-state index < -0.39 is 28.4 Å². The molecule has 0 saturated carbocycles. The molecule has 0 spiro atoms. The van der Waals surface area contributed by atoms with Crippen LogP contribution in [0.2, 0.25) is 5.02 Å². The monoisotopic (exact) mass is 595 g/mol. The van der Waals surface area contributed by atoms with Gasteiger partial charge in [0.15, 0.2) is 0 Å². The first kappa shape index (κ1) is 29.4. The number of sulfonamides is 1. The summed E-state index contributed by atoms with van der Waals surface area (Å²) in [5.41, 5.74) is 3.73. The van der Waals surface area contributed by atoms with Gasteiger partial charge in [0, 0.05) is 10.6 Å². The third-order valence-electron chi connectivity index (χ3n) is 5.74. The van der Waals surface area contributed by atoms with Crippen molar-refractivity contribution in [3.05, 3.63) is 101 Å². The van der Waals surface area contributed by atoms with Crippen LogP contribution in [0.4, 0.5) is 5.69 Å². The first-order valence-electron chi connectivity index (χ1n) is 12.3. The van der Waals surface area contributed by atoms with Crippen LogP contribution in [0.5, 0.6) is 5.75 Å². The number of carbonyl (C=O) groups excluding carboxylic acids is 2. The number of amides is 1. The SMILES string of the molecule is CCOC(=O)c1ccc(-c2ccc(/C=N\NC(=O)CN(c3ccc(Cl)cc3)S(=O)(=O)c3ccc(OC)cc3)o2)cc1. The molecule has 212 valence electrons. The number of carbonyl (C=O) groups is 2. The van der Waals surface area contributed by atoms with Crippen molar-refractivity contribution in [1.29, 1.82) is 0 Å². The molecule has 1 aromatic heterocycles. The molecule has 0 aliphatic rings. The number of rotatable bonds is 11. The van der Waals surface area contributed by atoms with Crippen molar-refractivity contribution in [2.75, 3.05) is 24.6 Å². The summed E-state index contributed by atoms with van der Waals surface area (Å²) in [4.78, 5) is 24.6. The molecule has 4 aromatic rings. The molecule has 0 radical (unpaired) electrons. The first-order valence-corrected chi connectivity index (χ1v) is 14.1. The normalized spacial score (nSPS) is 11.3. The Bertz CT molecular complexity index is 1630. The van der Waals surface area contributed by atoms with Crippen LogP contribution in [0.25, 0.3) is 11.3 Å². The summed E-state index contributed by atoms with van der Waals surface area (Å²) >= 11 is 5.98. The molecule has 12 heteroatoms. The fraction of sp³-hybridized carbons (Fsp3) is 0.138. The minimum absolute atomic E-state index is 0.0250. The molecule has 3 aromatic carbocycles. The van der Waals surface area contributed by atoms with Crippen LogP contribution in [0, 0.1) is 0 Å². The highest BCUT2D eigenvalue weighted by Crippen LogP contribution is 2.26. The van der Waals surface area contributed by atoms with E-state index in [0.29, 0.717) is 27.9 Å². The van der Waals surface area contributed by atoms with E-state index in [2.05, 4.69) is 10.5 Å². The zero-order valence-corrected chi connectivity index (χ0v) is 23.7. The van der Waals surface area contributed by atoms with Crippen molar-refractivity contribution in [3.8, 4) is 17.1 Å². The summed E-state index contributed by atoms with van der Waals surface area (Å²) in [6.45, 7) is 1.47. The number of benzene rings is 3. The van der Waals surface area contributed by atoms with Gasteiger partial charge < -0.3 is 13.9 Å². The fourth-order valence-corrected chi connectivity index (χ4v) is 5.24. The maximum Gasteiger partial charge on any atom is 0.338 e. The quantitative estimate of drug-likeness (QED) is 0.145. The Hall–Kier alpha value is -4.61. The Morgan fingerprint density at radius 1 is 0.976 bits per heavy atom. The van der Waals surface area contributed by atoms with Gasteiger partial charge in [-0.3, -0.25) is 9.10 Å². The molecular weight excluding hydrogens is 570 g/mol. The smallest absolute Gasteiger partial charge is 0.338 e. The number of hydrogen-bond acceptors (Lipinski definition) is 8. The van der Waals surface area contributed by atoms with E-state index in [1.807, 2.05) is 0 Å². The Morgan fingerprint density at radius 2 is 1.66 bits per heavy atom. The van der Waals surface area contributed by atoms with Crippen molar-refractivity contribution in [2.45, 2.75) is 11.8 Å². The maximum atomic E-state index is 13.5. The molecule has 0 atom stereocenters. The molecule has 10 nitrogen and oxygen atoms in total. The van der Waals surface area contributed by atoms with Gasteiger partial charge in [-0.25, -0.2) is 18.6 Å². The van der Waals surface area contributed by atoms with Crippen LogP contribution in [0.15, 0.2) is 99.3 Å². The second-order valence-corrected chi connectivity index (χ2v) is 10.8. The average Bonchev–Trinajstić information content (AvgIpc) is 3.45. The average molecular weight is 596 g/mol. The van der Waals surface area contributed by atoms with Gasteiger partial charge in [-0.1, -0.05) is 23.7 Å². The number of methoxy groups -OCH3 is 1. The number of esters is 1. The summed E-state index contributed by atoms with van der Waals surface area (Å²) in [5.74, 6) is 0.259. The Kier molecular flexibility index (Phi) is 9.43. The van der Waals surface area contributed by atoms with E-state index in [1.165, 1.54) is 61.9 Å². The molecule has 0 saturated heterocycles. The van der Waals surface area contributed by atoms with Gasteiger partial charge in [0.05, 0.1) is 36.1 Å². The second kappa shape index (κ2) is 13.2. The summed E-state index contributed by atoms with van der Waals surface area (Å²) in [5, 5.41) is 4.32. The number of nitrogens with one attached hydrogen (secondary N) is 1. The predicted molar refractivity (Wildman–Crippen MR) is 155 cm³/mol. The van der Waals surface area contributed by atoms with Gasteiger partial charge in [-0.05, 0) is 79.7 Å². The lowest BCUT2D eigenvalue weighted by molar-refractivity contribution is -0.119. The van der Waals surface area contributed by atoms with Gasteiger partial charge >= 0.3 is 5.97 Å². The van der Waals surface area contributed by atoms with Crippen molar-refractivity contribution >= 4 is 45.4 Å². The minimum atomic E-state index is -4.13. The van der Waals surface area contributed by atoms with Crippen LogP contribution < -0.4 is 14.5 Å². The predicted octanol–water partition coefficient (Wildman–Crippen LogP) is 5.13. The van der Waals surface area contributed by atoms with E-state index in [1.54, 1.807) is 43.3 Å². The molecule has 1 amide bonds. The van der Waals surface area contributed by atoms with E-state index in [4.69, 9.17) is 25.5 Å². The lowest BCUT2D eigenvalue weighted by atomic mass is 10.1. The topological polar surface area (TPSA) is 128 Å². The van der Waals surface area contributed by atoms with Crippen molar-refractivity contribution in [1.82, 2.24) is 5.43 Å². The molecule has 0 aliphatic heterocycles. The highest BCUT2D eigenvalue weighted by Gasteiger charge is 2.27. The van der Waals surface area contributed by atoms with Crippen molar-refractivity contribution < 1.29 is 31.9 Å². The Morgan fingerprint density at radius 3 is 2.29 bits per heavy atom. The van der Waals surface area contributed by atoms with Crippen molar-refractivity contribution in [2.24, 2.45) is 5.10 Å². The highest BCUT2D eigenvalue weighted by atomic mass is 35.5. The third-order valence-corrected chi connectivity index (χ3v) is 7.78. The van der Waals surface area contributed by atoms with Crippen LogP contribution in [0.1, 0.15) is 23.0 Å². The number of hydrogen-bond donors (Lipinski definition) is 1. The zero-order chi connectivity index (χ0) is 29.4. The number of nitrogens with zero attached hydrogens (tertiary/aromatic N) is 2. The molecule has 0 unspecified atom stereocenters. The summed E-state index contributed by atoms with van der Waals surface area (Å²) < 4.78 is 43.7. The van der Waals surface area contributed by atoms with Crippen LogP contribution in [-0.4, -0.2) is 46.8 Å². The van der Waals surface area contributed by atoms with Gasteiger partial charge in [0.25, 0.3) is 15.9 Å². The highest BCUT2D eigenvalue weighted by molar-refractivity contribution is 7.92. The standard InChI is InChI=1S/C29H26ClN3O7S/c1-3-39-29(35)21-6-4-20(5-7-21)27-17-14-25(40-27)18-31-32-28(34)19-33(23-10-8-22(30)9-11-23)41(36,37)26-15-12-24(38-2)13-16-26/h4-18H,3,19H2,1-2H3,(H,32,34)/b31-18-. The summed E-state index contributed by atoms with van der Waals surface area (Å²) in [7, 11) is -2.65. The largest absolute Gasteiger partial charge is 0.497 e. The van der Waals surface area contributed by atoms with E-state index in [-0.39, 0.29) is 17.2 Å². The van der Waals surface area contributed by atoms with Crippen molar-refractivity contribution in [3.63, 3.8) is 0 Å². The van der Waals surface area contributed by atoms with Crippen LogP contribution in [0.3, 0.4) is 0 Å². The van der Waals surface area contributed by atoms with E-state index >= 15 is 0 Å². The number of halogens is 1. The first-order chi connectivity index (χ1) is 19.7. The van der Waals surface area contributed by atoms with Gasteiger partial charge in [-0.15, -0.1) is 0 Å². The zero-order valence-electron chi connectivity index (χ0n) is 22.1. The molecule has 4 rings (SSSR count). The molecule has 1 heterocycles. The van der Waals surface area contributed by atoms with Gasteiger partial charge in [0.1, 0.15) is 23.8 Å². The van der Waals surface area contributed by atoms with E-state index in [9.17, 15) is 18.0 Å². The fourth-order valence-electron chi connectivity index (χ4n) is 3.69. The van der Waals surface area contributed by atoms with Crippen LogP contribution >= 0.6 is 11.6 Å². The van der Waals surface area contributed by atoms with Gasteiger partial charge in [-0.2, -0.15) is 5.10 Å². The number of furan rings is 1. The molecular formula is C29H26ClN3O7S. The minimum Gasteiger partial charge on any atom is -0.497 e.